The molecule has 0 spiro atoms. The predicted molar refractivity (Wildman–Crippen MR) is 74.4 cm³/mol. The van der Waals surface area contributed by atoms with Crippen molar-refractivity contribution in [3.05, 3.63) is 11.1 Å². The molecule has 0 saturated heterocycles. The van der Waals surface area contributed by atoms with Crippen molar-refractivity contribution in [2.45, 2.75) is 20.3 Å². The van der Waals surface area contributed by atoms with E-state index in [-0.39, 0.29) is 11.6 Å². The fraction of sp³-hybridized carbons (Fsp3) is 0.583. The molecule has 0 atom stereocenters. The smallest absolute Gasteiger partial charge is 0.357 e. The lowest BCUT2D eigenvalue weighted by atomic mass is 10.2. The maximum Gasteiger partial charge on any atom is 0.357 e. The fourth-order valence-corrected chi connectivity index (χ4v) is 1.95. The number of thiazole rings is 1. The van der Waals surface area contributed by atoms with Crippen LogP contribution >= 0.6 is 11.3 Å². The number of ether oxygens (including phenoxy) is 1. The molecule has 1 aromatic heterocycles. The van der Waals surface area contributed by atoms with Gasteiger partial charge in [-0.25, -0.2) is 9.78 Å². The Hall–Kier alpha value is -1.63. The highest BCUT2D eigenvalue weighted by Gasteiger charge is 2.10. The van der Waals surface area contributed by atoms with E-state index in [9.17, 15) is 9.59 Å². The molecule has 19 heavy (non-hydrogen) atoms. The van der Waals surface area contributed by atoms with Crippen LogP contribution in [0.25, 0.3) is 0 Å². The van der Waals surface area contributed by atoms with E-state index < -0.39 is 5.97 Å². The van der Waals surface area contributed by atoms with Crippen molar-refractivity contribution in [1.82, 2.24) is 10.3 Å². The lowest BCUT2D eigenvalue weighted by molar-refractivity contribution is -0.120. The highest BCUT2D eigenvalue weighted by atomic mass is 32.1. The largest absolute Gasteiger partial charge is 0.464 e. The molecular formula is C12H19N3O3S. The second-order valence-corrected chi connectivity index (χ2v) is 5.26. The van der Waals surface area contributed by atoms with Gasteiger partial charge in [0, 0.05) is 24.9 Å². The second-order valence-electron chi connectivity index (χ2n) is 4.40. The first kappa shape index (κ1) is 15.4. The molecule has 0 fully saturated rings. The number of nitrogens with zero attached hydrogens (tertiary/aromatic N) is 1. The molecule has 7 heteroatoms. The number of nitrogens with one attached hydrogen (secondary N) is 2. The van der Waals surface area contributed by atoms with E-state index >= 15 is 0 Å². The van der Waals surface area contributed by atoms with Gasteiger partial charge in [-0.3, -0.25) is 4.79 Å². The van der Waals surface area contributed by atoms with Gasteiger partial charge in [0.25, 0.3) is 0 Å². The third-order valence-corrected chi connectivity index (χ3v) is 3.03. The van der Waals surface area contributed by atoms with Gasteiger partial charge in [0.05, 0.1) is 7.11 Å². The standard InChI is InChI=1S/C12H19N3O3S/c1-8(2)6-14-10(16)4-5-13-12-15-9(7-19-12)11(17)18-3/h7-8H,4-6H2,1-3H3,(H,13,15)(H,14,16). The molecule has 0 aliphatic heterocycles. The average molecular weight is 285 g/mol. The summed E-state index contributed by atoms with van der Waals surface area (Å²) in [6.45, 7) is 5.26. The number of carbonyl (C=O) groups is 2. The normalized spacial score (nSPS) is 10.3. The lowest BCUT2D eigenvalue weighted by Gasteiger charge is -2.07. The van der Waals surface area contributed by atoms with Crippen LogP contribution in [0.3, 0.4) is 0 Å². The minimum absolute atomic E-state index is 0.00551. The average Bonchev–Trinajstić information content (AvgIpc) is 2.84. The third-order valence-electron chi connectivity index (χ3n) is 2.23. The summed E-state index contributed by atoms with van der Waals surface area (Å²) in [5.74, 6) is -0.0107. The summed E-state index contributed by atoms with van der Waals surface area (Å²) in [5, 5.41) is 8.06. The fourth-order valence-electron chi connectivity index (χ4n) is 1.24. The number of aromatic nitrogens is 1. The summed E-state index contributed by atoms with van der Waals surface area (Å²) >= 11 is 1.31. The van der Waals surface area contributed by atoms with Crippen LogP contribution in [0.2, 0.25) is 0 Å². The Morgan fingerprint density at radius 2 is 2.21 bits per heavy atom. The molecule has 0 aromatic carbocycles. The number of anilines is 1. The zero-order chi connectivity index (χ0) is 14.3. The zero-order valence-electron chi connectivity index (χ0n) is 11.4. The van der Waals surface area contributed by atoms with Crippen LogP contribution in [0.1, 0.15) is 30.8 Å². The molecule has 0 aliphatic rings. The van der Waals surface area contributed by atoms with Gasteiger partial charge < -0.3 is 15.4 Å². The molecule has 0 unspecified atom stereocenters. The Morgan fingerprint density at radius 1 is 1.47 bits per heavy atom. The molecule has 6 nitrogen and oxygen atoms in total. The minimum atomic E-state index is -0.459. The summed E-state index contributed by atoms with van der Waals surface area (Å²) in [5.41, 5.74) is 0.277. The number of carbonyl (C=O) groups excluding carboxylic acids is 2. The number of hydrogen-bond donors (Lipinski definition) is 2. The predicted octanol–water partition coefficient (Wildman–Crippen LogP) is 1.50. The van der Waals surface area contributed by atoms with Crippen molar-refractivity contribution in [3.63, 3.8) is 0 Å². The number of hydrogen-bond acceptors (Lipinski definition) is 6. The molecule has 2 N–H and O–H groups in total. The van der Waals surface area contributed by atoms with Crippen molar-refractivity contribution in [2.75, 3.05) is 25.5 Å². The van der Waals surface area contributed by atoms with Crippen LogP contribution in [0.4, 0.5) is 5.13 Å². The molecule has 1 heterocycles. The van der Waals surface area contributed by atoms with E-state index in [0.29, 0.717) is 30.6 Å². The topological polar surface area (TPSA) is 80.3 Å². The first-order chi connectivity index (χ1) is 9.02. The van der Waals surface area contributed by atoms with Crippen LogP contribution in [-0.2, 0) is 9.53 Å². The molecule has 0 saturated carbocycles. The second kappa shape index (κ2) is 7.73. The van der Waals surface area contributed by atoms with Gasteiger partial charge in [0.2, 0.25) is 5.91 Å². The Balaban J connectivity index is 2.27. The van der Waals surface area contributed by atoms with Crippen LogP contribution < -0.4 is 10.6 Å². The maximum atomic E-state index is 11.5. The third kappa shape index (κ3) is 5.69. The highest BCUT2D eigenvalue weighted by molar-refractivity contribution is 7.13. The van der Waals surface area contributed by atoms with Crippen molar-refractivity contribution in [2.24, 2.45) is 5.92 Å². The van der Waals surface area contributed by atoms with Crippen LogP contribution in [0.15, 0.2) is 5.38 Å². The molecular weight excluding hydrogens is 266 g/mol. The van der Waals surface area contributed by atoms with Gasteiger partial charge in [0.15, 0.2) is 10.8 Å². The first-order valence-electron chi connectivity index (χ1n) is 6.07. The zero-order valence-corrected chi connectivity index (χ0v) is 12.2. The molecule has 106 valence electrons. The summed E-state index contributed by atoms with van der Waals surface area (Å²) in [4.78, 5) is 26.7. The Bertz CT molecular complexity index is 432. The number of methoxy groups -OCH3 is 1. The van der Waals surface area contributed by atoms with Gasteiger partial charge in [-0.1, -0.05) is 13.8 Å². The monoisotopic (exact) mass is 285 g/mol. The maximum absolute atomic E-state index is 11.5. The minimum Gasteiger partial charge on any atom is -0.464 e. The molecule has 1 rings (SSSR count). The summed E-state index contributed by atoms with van der Waals surface area (Å²) in [6, 6.07) is 0. The van der Waals surface area contributed by atoms with Crippen molar-refractivity contribution in [1.29, 1.82) is 0 Å². The van der Waals surface area contributed by atoms with Gasteiger partial charge >= 0.3 is 5.97 Å². The number of amides is 1. The number of rotatable bonds is 7. The Labute approximate surface area is 116 Å². The molecule has 1 aromatic rings. The van der Waals surface area contributed by atoms with Gasteiger partial charge in [-0.15, -0.1) is 11.3 Å². The van der Waals surface area contributed by atoms with Crippen molar-refractivity contribution in [3.8, 4) is 0 Å². The Morgan fingerprint density at radius 3 is 2.84 bits per heavy atom. The lowest BCUT2D eigenvalue weighted by Crippen LogP contribution is -2.28. The van der Waals surface area contributed by atoms with Gasteiger partial charge in [-0.05, 0) is 5.92 Å². The van der Waals surface area contributed by atoms with Crippen molar-refractivity contribution < 1.29 is 14.3 Å². The highest BCUT2D eigenvalue weighted by Crippen LogP contribution is 2.15. The van der Waals surface area contributed by atoms with Crippen LogP contribution in [-0.4, -0.2) is 37.1 Å². The Kier molecular flexibility index (Phi) is 6.27. The summed E-state index contributed by atoms with van der Waals surface area (Å²) in [6.07, 6.45) is 0.375. The van der Waals surface area contributed by atoms with Crippen LogP contribution in [0.5, 0.6) is 0 Å². The number of esters is 1. The molecule has 0 bridgehead atoms. The molecule has 1 amide bonds. The molecule has 0 aliphatic carbocycles. The van der Waals surface area contributed by atoms with E-state index in [1.807, 2.05) is 13.8 Å². The SMILES string of the molecule is COC(=O)c1csc(NCCC(=O)NCC(C)C)n1. The quantitative estimate of drug-likeness (QED) is 0.742. The van der Waals surface area contributed by atoms with E-state index in [0.717, 1.165) is 0 Å². The van der Waals surface area contributed by atoms with Crippen molar-refractivity contribution >= 4 is 28.3 Å². The van der Waals surface area contributed by atoms with Crippen LogP contribution in [0, 0.1) is 5.92 Å². The summed E-state index contributed by atoms with van der Waals surface area (Å²) in [7, 11) is 1.31. The van der Waals surface area contributed by atoms with E-state index in [4.69, 9.17) is 0 Å². The van der Waals surface area contributed by atoms with Gasteiger partial charge in [-0.2, -0.15) is 0 Å². The van der Waals surface area contributed by atoms with E-state index in [1.54, 1.807) is 5.38 Å². The van der Waals surface area contributed by atoms with Gasteiger partial charge in [0.1, 0.15) is 0 Å². The van der Waals surface area contributed by atoms with E-state index in [2.05, 4.69) is 20.4 Å². The van der Waals surface area contributed by atoms with E-state index in [1.165, 1.54) is 18.4 Å². The first-order valence-corrected chi connectivity index (χ1v) is 6.95. The molecule has 0 radical (unpaired) electrons. The summed E-state index contributed by atoms with van der Waals surface area (Å²) < 4.78 is 4.56.